The van der Waals surface area contributed by atoms with E-state index in [4.69, 9.17) is 15.0 Å². The number of aromatic nitrogens is 4. The summed E-state index contributed by atoms with van der Waals surface area (Å²) in [5.74, 6) is 0.709. The summed E-state index contributed by atoms with van der Waals surface area (Å²) in [6.07, 6.45) is 3.77. The van der Waals surface area contributed by atoms with E-state index in [9.17, 15) is 0 Å². The molecule has 0 aliphatic carbocycles. The Kier molecular flexibility index (Phi) is 7.45. The van der Waals surface area contributed by atoms with Crippen molar-refractivity contribution in [1.82, 2.24) is 19.9 Å². The van der Waals surface area contributed by atoms with Crippen molar-refractivity contribution >= 4 is 21.5 Å². The highest BCUT2D eigenvalue weighted by Crippen LogP contribution is 2.44. The van der Waals surface area contributed by atoms with Crippen LogP contribution in [0.2, 0.25) is 0 Å². The molecule has 0 saturated heterocycles. The Morgan fingerprint density at radius 2 is 0.760 bits per heavy atom. The Balaban J connectivity index is 1.17. The first-order valence-corrected chi connectivity index (χ1v) is 16.7. The lowest BCUT2D eigenvalue weighted by Gasteiger charge is -2.18. The van der Waals surface area contributed by atoms with Crippen molar-refractivity contribution in [3.8, 4) is 67.5 Å². The predicted molar refractivity (Wildman–Crippen MR) is 205 cm³/mol. The molecule has 4 nitrogen and oxygen atoms in total. The third-order valence-electron chi connectivity index (χ3n) is 9.21. The molecular weight excluding hydrogens is 609 g/mol. The van der Waals surface area contributed by atoms with E-state index in [2.05, 4.69) is 120 Å². The molecule has 4 heteroatoms. The Hall–Kier alpha value is -6.78. The van der Waals surface area contributed by atoms with E-state index in [1.807, 2.05) is 60.8 Å². The maximum Gasteiger partial charge on any atom is 0.160 e. The minimum Gasteiger partial charge on any atom is -0.255 e. The van der Waals surface area contributed by atoms with Crippen LogP contribution in [0.15, 0.2) is 182 Å². The van der Waals surface area contributed by atoms with E-state index in [0.29, 0.717) is 5.82 Å². The van der Waals surface area contributed by atoms with E-state index in [1.54, 1.807) is 6.20 Å². The summed E-state index contributed by atoms with van der Waals surface area (Å²) < 4.78 is 0. The molecule has 0 unspecified atom stereocenters. The highest BCUT2D eigenvalue weighted by molar-refractivity contribution is 6.21. The lowest BCUT2D eigenvalue weighted by atomic mass is 9.86. The highest BCUT2D eigenvalue weighted by Gasteiger charge is 2.18. The number of fused-ring (bicyclic) bond motifs is 2. The van der Waals surface area contributed by atoms with Gasteiger partial charge in [-0.3, -0.25) is 9.97 Å². The first-order valence-electron chi connectivity index (χ1n) is 16.7. The molecule has 50 heavy (non-hydrogen) atoms. The first kappa shape index (κ1) is 29.4. The molecule has 0 atom stereocenters. The van der Waals surface area contributed by atoms with Gasteiger partial charge in [-0.05, 0) is 62.5 Å². The Morgan fingerprint density at radius 1 is 0.300 bits per heavy atom. The van der Waals surface area contributed by atoms with Crippen LogP contribution in [-0.2, 0) is 0 Å². The summed E-state index contributed by atoms with van der Waals surface area (Å²) >= 11 is 0. The molecule has 0 amide bonds. The zero-order chi connectivity index (χ0) is 33.3. The molecule has 0 N–H and O–H groups in total. The fourth-order valence-corrected chi connectivity index (χ4v) is 6.83. The molecule has 0 aliphatic rings. The summed E-state index contributed by atoms with van der Waals surface area (Å²) in [5, 5.41) is 4.77. The SMILES string of the molecule is c1ccc(-c2cc(-c3ccc(-c4c5ccccc5c(-c5ccc(-c6ccccn6)nc5)c5ccccc45)cc3)nc(-c3ccccc3)n2)cc1. The number of benzene rings is 6. The number of hydrogen-bond donors (Lipinski definition) is 0. The van der Waals surface area contributed by atoms with Crippen LogP contribution in [0.25, 0.3) is 89.1 Å². The van der Waals surface area contributed by atoms with Gasteiger partial charge in [-0.15, -0.1) is 0 Å². The minimum atomic E-state index is 0.709. The van der Waals surface area contributed by atoms with Crippen LogP contribution in [0, 0.1) is 0 Å². The van der Waals surface area contributed by atoms with Crippen LogP contribution in [0.3, 0.4) is 0 Å². The van der Waals surface area contributed by atoms with Gasteiger partial charge in [-0.25, -0.2) is 9.97 Å². The van der Waals surface area contributed by atoms with Crippen molar-refractivity contribution in [2.75, 3.05) is 0 Å². The van der Waals surface area contributed by atoms with E-state index >= 15 is 0 Å². The van der Waals surface area contributed by atoms with Gasteiger partial charge < -0.3 is 0 Å². The van der Waals surface area contributed by atoms with Gasteiger partial charge in [-0.1, -0.05) is 146 Å². The van der Waals surface area contributed by atoms with Crippen molar-refractivity contribution in [2.45, 2.75) is 0 Å². The molecule has 9 aromatic rings. The minimum absolute atomic E-state index is 0.709. The number of rotatable bonds is 6. The summed E-state index contributed by atoms with van der Waals surface area (Å²) in [6, 6.07) is 58.9. The fourth-order valence-electron chi connectivity index (χ4n) is 6.83. The quantitative estimate of drug-likeness (QED) is 0.170. The van der Waals surface area contributed by atoms with Crippen LogP contribution >= 0.6 is 0 Å². The summed E-state index contributed by atoms with van der Waals surface area (Å²) in [6.45, 7) is 0. The number of pyridine rings is 2. The van der Waals surface area contributed by atoms with Gasteiger partial charge in [0.05, 0.1) is 22.8 Å². The summed E-state index contributed by atoms with van der Waals surface area (Å²) in [7, 11) is 0. The number of nitrogens with zero attached hydrogens (tertiary/aromatic N) is 4. The van der Waals surface area contributed by atoms with E-state index < -0.39 is 0 Å². The van der Waals surface area contributed by atoms with Gasteiger partial charge >= 0.3 is 0 Å². The average Bonchev–Trinajstić information content (AvgIpc) is 3.21. The smallest absolute Gasteiger partial charge is 0.160 e. The van der Waals surface area contributed by atoms with Gasteiger partial charge in [0.2, 0.25) is 0 Å². The topological polar surface area (TPSA) is 51.6 Å². The maximum absolute atomic E-state index is 5.05. The van der Waals surface area contributed by atoms with Gasteiger partial charge in [0.25, 0.3) is 0 Å². The molecule has 234 valence electrons. The fraction of sp³-hybridized carbons (Fsp3) is 0. The third-order valence-corrected chi connectivity index (χ3v) is 9.21. The maximum atomic E-state index is 5.05. The van der Waals surface area contributed by atoms with Crippen LogP contribution < -0.4 is 0 Å². The summed E-state index contributed by atoms with van der Waals surface area (Å²) in [4.78, 5) is 19.3. The monoisotopic (exact) mass is 638 g/mol. The predicted octanol–water partition coefficient (Wildman–Crippen LogP) is 11.6. The molecule has 0 aliphatic heterocycles. The number of hydrogen-bond acceptors (Lipinski definition) is 4. The van der Waals surface area contributed by atoms with Gasteiger partial charge in [-0.2, -0.15) is 0 Å². The Bertz CT molecular complexity index is 2490. The van der Waals surface area contributed by atoms with E-state index in [0.717, 1.165) is 50.6 Å². The molecule has 3 heterocycles. The Labute approximate surface area is 290 Å². The van der Waals surface area contributed by atoms with E-state index in [1.165, 1.54) is 32.7 Å². The zero-order valence-corrected chi connectivity index (χ0v) is 27.1. The lowest BCUT2D eigenvalue weighted by Crippen LogP contribution is -1.96. The average molecular weight is 639 g/mol. The van der Waals surface area contributed by atoms with Crippen molar-refractivity contribution in [1.29, 1.82) is 0 Å². The normalized spacial score (nSPS) is 11.2. The molecule has 0 saturated carbocycles. The van der Waals surface area contributed by atoms with Crippen LogP contribution in [-0.4, -0.2) is 19.9 Å². The largest absolute Gasteiger partial charge is 0.255 e. The van der Waals surface area contributed by atoms with Gasteiger partial charge in [0.1, 0.15) is 0 Å². The van der Waals surface area contributed by atoms with E-state index in [-0.39, 0.29) is 0 Å². The van der Waals surface area contributed by atoms with Crippen LogP contribution in [0.4, 0.5) is 0 Å². The molecule has 0 fully saturated rings. The van der Waals surface area contributed by atoms with Gasteiger partial charge in [0.15, 0.2) is 5.82 Å². The second-order valence-corrected chi connectivity index (χ2v) is 12.3. The molecule has 0 bridgehead atoms. The van der Waals surface area contributed by atoms with Crippen LogP contribution in [0.1, 0.15) is 0 Å². The van der Waals surface area contributed by atoms with Crippen molar-refractivity contribution in [2.24, 2.45) is 0 Å². The Morgan fingerprint density at radius 3 is 1.30 bits per heavy atom. The van der Waals surface area contributed by atoms with Crippen molar-refractivity contribution < 1.29 is 0 Å². The molecule has 3 aromatic heterocycles. The molecule has 9 rings (SSSR count). The molecule has 0 radical (unpaired) electrons. The molecule has 6 aromatic carbocycles. The molecule has 0 spiro atoms. The lowest BCUT2D eigenvalue weighted by molar-refractivity contribution is 1.18. The standard InChI is InChI=1S/C46H30N4/c1-3-13-31(14-4-1)42-29-43(50-46(49-42)34-15-5-2-6-16-34)32-22-24-33(25-23-32)44-36-17-7-9-19-38(36)45(39-20-10-8-18-37(39)44)35-26-27-41(48-30-35)40-21-11-12-28-47-40/h1-30H. The highest BCUT2D eigenvalue weighted by atomic mass is 14.9. The second-order valence-electron chi connectivity index (χ2n) is 12.3. The van der Waals surface area contributed by atoms with Crippen molar-refractivity contribution in [3.63, 3.8) is 0 Å². The second kappa shape index (κ2) is 12.7. The first-order chi connectivity index (χ1) is 24.8. The van der Waals surface area contributed by atoms with Gasteiger partial charge in [0, 0.05) is 34.6 Å². The third kappa shape index (κ3) is 5.39. The zero-order valence-electron chi connectivity index (χ0n) is 27.1. The van der Waals surface area contributed by atoms with Crippen molar-refractivity contribution in [3.05, 3.63) is 182 Å². The molecular formula is C46H30N4. The van der Waals surface area contributed by atoms with Crippen LogP contribution in [0.5, 0.6) is 0 Å². The summed E-state index contributed by atoms with van der Waals surface area (Å²) in [5.41, 5.74) is 11.2.